The predicted molar refractivity (Wildman–Crippen MR) is 119 cm³/mol. The van der Waals surface area contributed by atoms with Crippen molar-refractivity contribution in [3.63, 3.8) is 0 Å². The second-order valence-electron chi connectivity index (χ2n) is 8.55. The molecule has 0 aliphatic carbocycles. The van der Waals surface area contributed by atoms with E-state index in [9.17, 15) is 0 Å². The summed E-state index contributed by atoms with van der Waals surface area (Å²) in [6.07, 6.45) is 26.6. The van der Waals surface area contributed by atoms with Crippen LogP contribution in [0.25, 0.3) is 0 Å². The highest BCUT2D eigenvalue weighted by Crippen LogP contribution is 2.16. The van der Waals surface area contributed by atoms with Crippen molar-refractivity contribution in [2.45, 2.75) is 148 Å². The molecule has 0 amide bonds. The summed E-state index contributed by atoms with van der Waals surface area (Å²) in [5.74, 6) is 6.05. The van der Waals surface area contributed by atoms with Crippen molar-refractivity contribution in [3.8, 4) is 11.8 Å². The normalized spacial score (nSPS) is 13.2. The fraction of sp³-hybridized carbons (Fsp3) is 0.920. The Kier molecular flexibility index (Phi) is 18.9. The molecule has 1 atom stereocenters. The second kappa shape index (κ2) is 19.3. The lowest BCUT2D eigenvalue weighted by Crippen LogP contribution is -2.33. The summed E-state index contributed by atoms with van der Waals surface area (Å²) in [6.45, 7) is 6.22. The van der Waals surface area contributed by atoms with Gasteiger partial charge in [0.1, 0.15) is 0 Å². The average molecular weight is 364 g/mol. The maximum Gasteiger partial charge on any atom is 0.0747 e. The minimum atomic E-state index is -0.274. The molecule has 0 fully saturated rings. The Hall–Kier alpha value is -0.480. The van der Waals surface area contributed by atoms with Gasteiger partial charge >= 0.3 is 0 Å². The minimum Gasteiger partial charge on any atom is -0.315 e. The summed E-state index contributed by atoms with van der Waals surface area (Å²) in [7, 11) is 0. The average Bonchev–Trinajstić information content (AvgIpc) is 2.60. The van der Waals surface area contributed by atoms with Gasteiger partial charge in [0.05, 0.1) is 5.54 Å². The Labute approximate surface area is 166 Å². The van der Waals surface area contributed by atoms with Gasteiger partial charge in [0, 0.05) is 0 Å². The number of nitrogens with two attached hydrogens (primary N) is 1. The van der Waals surface area contributed by atoms with E-state index in [4.69, 9.17) is 5.73 Å². The van der Waals surface area contributed by atoms with Crippen molar-refractivity contribution in [3.05, 3.63) is 0 Å². The lowest BCUT2D eigenvalue weighted by atomic mass is 9.95. The second-order valence-corrected chi connectivity index (χ2v) is 8.55. The van der Waals surface area contributed by atoms with Crippen LogP contribution < -0.4 is 5.73 Å². The first-order chi connectivity index (χ1) is 12.6. The molecular formula is C25H49N. The quantitative estimate of drug-likeness (QED) is 0.182. The molecule has 0 saturated heterocycles. The van der Waals surface area contributed by atoms with Gasteiger partial charge < -0.3 is 5.73 Å². The maximum atomic E-state index is 6.13. The standard InChI is InChI=1S/C25H49N/c1-4-6-7-8-9-10-11-12-13-14-15-16-17-18-19-20-21-22-24-25(3,26)23-5-2/h4,6-22,24,26H2,1-3H3. The number of unbranched alkanes of at least 4 members (excludes halogenated alkanes) is 17. The molecule has 0 saturated carbocycles. The number of hydrogen-bond acceptors (Lipinski definition) is 1. The molecule has 0 radical (unpaired) electrons. The largest absolute Gasteiger partial charge is 0.315 e. The molecule has 0 aromatic rings. The summed E-state index contributed by atoms with van der Waals surface area (Å²) in [4.78, 5) is 0. The fourth-order valence-corrected chi connectivity index (χ4v) is 3.74. The van der Waals surface area contributed by atoms with Crippen LogP contribution in [0.5, 0.6) is 0 Å². The lowest BCUT2D eigenvalue weighted by Gasteiger charge is -2.17. The van der Waals surface area contributed by atoms with E-state index in [1.807, 2.05) is 6.92 Å². The predicted octanol–water partition coefficient (Wildman–Crippen LogP) is 8.16. The van der Waals surface area contributed by atoms with Gasteiger partial charge in [-0.2, -0.15) is 0 Å². The molecular weight excluding hydrogens is 314 g/mol. The van der Waals surface area contributed by atoms with Gasteiger partial charge in [0.25, 0.3) is 0 Å². The number of hydrogen-bond donors (Lipinski definition) is 1. The van der Waals surface area contributed by atoms with Gasteiger partial charge in [-0.15, -0.1) is 5.92 Å². The Balaban J connectivity index is 3.12. The van der Waals surface area contributed by atoms with Gasteiger partial charge in [-0.25, -0.2) is 0 Å². The monoisotopic (exact) mass is 363 g/mol. The molecule has 1 nitrogen and oxygen atoms in total. The van der Waals surface area contributed by atoms with Crippen LogP contribution in [0.3, 0.4) is 0 Å². The highest BCUT2D eigenvalue weighted by atomic mass is 14.7. The van der Waals surface area contributed by atoms with Crippen molar-refractivity contribution < 1.29 is 0 Å². The van der Waals surface area contributed by atoms with Crippen LogP contribution in [0.15, 0.2) is 0 Å². The van der Waals surface area contributed by atoms with Crippen molar-refractivity contribution >= 4 is 0 Å². The summed E-state index contributed by atoms with van der Waals surface area (Å²) < 4.78 is 0. The summed E-state index contributed by atoms with van der Waals surface area (Å²) in [5, 5.41) is 0. The Morgan fingerprint density at radius 1 is 0.577 bits per heavy atom. The van der Waals surface area contributed by atoms with Crippen LogP contribution >= 0.6 is 0 Å². The Bertz CT molecular complexity index is 334. The highest BCUT2D eigenvalue weighted by Gasteiger charge is 2.13. The summed E-state index contributed by atoms with van der Waals surface area (Å²) >= 11 is 0. The van der Waals surface area contributed by atoms with Crippen molar-refractivity contribution in [1.29, 1.82) is 0 Å². The van der Waals surface area contributed by atoms with E-state index in [0.29, 0.717) is 0 Å². The fourth-order valence-electron chi connectivity index (χ4n) is 3.74. The summed E-state index contributed by atoms with van der Waals surface area (Å²) in [5.41, 5.74) is 5.85. The van der Waals surface area contributed by atoms with Gasteiger partial charge in [0.15, 0.2) is 0 Å². The first-order valence-corrected chi connectivity index (χ1v) is 11.8. The molecule has 2 N–H and O–H groups in total. The van der Waals surface area contributed by atoms with Crippen LogP contribution in [0.1, 0.15) is 143 Å². The molecule has 0 heterocycles. The molecule has 0 aromatic carbocycles. The van der Waals surface area contributed by atoms with Gasteiger partial charge in [0.2, 0.25) is 0 Å². The van der Waals surface area contributed by atoms with Crippen LogP contribution in [0.4, 0.5) is 0 Å². The molecule has 0 aliphatic rings. The van der Waals surface area contributed by atoms with Crippen LogP contribution in [-0.2, 0) is 0 Å². The minimum absolute atomic E-state index is 0.274. The van der Waals surface area contributed by atoms with Crippen molar-refractivity contribution in [1.82, 2.24) is 0 Å². The van der Waals surface area contributed by atoms with Gasteiger partial charge in [-0.05, 0) is 20.3 Å². The van der Waals surface area contributed by atoms with E-state index >= 15 is 0 Å². The zero-order valence-corrected chi connectivity index (χ0v) is 18.5. The zero-order chi connectivity index (χ0) is 19.3. The van der Waals surface area contributed by atoms with Crippen molar-refractivity contribution in [2.24, 2.45) is 5.73 Å². The molecule has 1 unspecified atom stereocenters. The molecule has 0 aromatic heterocycles. The molecule has 0 rings (SSSR count). The third-order valence-electron chi connectivity index (χ3n) is 5.46. The molecule has 1 heteroatoms. The van der Waals surface area contributed by atoms with E-state index in [1.54, 1.807) is 0 Å². The summed E-state index contributed by atoms with van der Waals surface area (Å²) in [6, 6.07) is 0. The lowest BCUT2D eigenvalue weighted by molar-refractivity contribution is 0.488. The van der Waals surface area contributed by atoms with E-state index < -0.39 is 0 Å². The van der Waals surface area contributed by atoms with Crippen molar-refractivity contribution in [2.75, 3.05) is 0 Å². The van der Waals surface area contributed by atoms with Crippen LogP contribution in [-0.4, -0.2) is 5.54 Å². The first-order valence-electron chi connectivity index (χ1n) is 11.8. The Morgan fingerprint density at radius 2 is 0.885 bits per heavy atom. The third kappa shape index (κ3) is 19.8. The Morgan fingerprint density at radius 3 is 1.19 bits per heavy atom. The highest BCUT2D eigenvalue weighted by molar-refractivity contribution is 5.12. The molecule has 0 spiro atoms. The molecule has 0 aliphatic heterocycles. The molecule has 154 valence electrons. The zero-order valence-electron chi connectivity index (χ0n) is 18.5. The number of rotatable bonds is 19. The topological polar surface area (TPSA) is 26.0 Å². The van der Waals surface area contributed by atoms with Crippen LogP contribution in [0.2, 0.25) is 0 Å². The van der Waals surface area contributed by atoms with E-state index in [2.05, 4.69) is 25.7 Å². The van der Waals surface area contributed by atoms with E-state index in [0.717, 1.165) is 6.42 Å². The van der Waals surface area contributed by atoms with E-state index in [1.165, 1.54) is 116 Å². The maximum absolute atomic E-state index is 6.13. The van der Waals surface area contributed by atoms with Gasteiger partial charge in [-0.1, -0.05) is 128 Å². The molecule has 0 bridgehead atoms. The SMILES string of the molecule is CC#CC(C)(N)CCCCCCCCCCCCCCCCCCCC. The van der Waals surface area contributed by atoms with Gasteiger partial charge in [-0.3, -0.25) is 0 Å². The first kappa shape index (κ1) is 25.5. The van der Waals surface area contributed by atoms with Crippen LogP contribution in [0, 0.1) is 11.8 Å². The molecule has 26 heavy (non-hydrogen) atoms. The smallest absolute Gasteiger partial charge is 0.0747 e. The third-order valence-corrected chi connectivity index (χ3v) is 5.46. The van der Waals surface area contributed by atoms with E-state index in [-0.39, 0.29) is 5.54 Å².